The summed E-state index contributed by atoms with van der Waals surface area (Å²) in [6.07, 6.45) is 2.19. The molecule has 0 radical (unpaired) electrons. The van der Waals surface area contributed by atoms with Gasteiger partial charge in [0.15, 0.2) is 0 Å². The van der Waals surface area contributed by atoms with E-state index in [1.165, 1.54) is 0 Å². The quantitative estimate of drug-likeness (QED) is 0.787. The topological polar surface area (TPSA) is 61.8 Å². The number of hydrogen-bond acceptors (Lipinski definition) is 6. The fraction of sp³-hybridized carbons (Fsp3) is 0.722. The maximum absolute atomic E-state index is 12.1. The molecule has 3 aliphatic heterocycles. The highest BCUT2D eigenvalue weighted by Gasteiger charge is 2.40. The Hall–Kier alpha value is -1.73. The van der Waals surface area contributed by atoms with Crippen LogP contribution in [0.3, 0.4) is 0 Å². The van der Waals surface area contributed by atoms with Crippen molar-refractivity contribution in [1.82, 2.24) is 19.8 Å². The summed E-state index contributed by atoms with van der Waals surface area (Å²) in [4.78, 5) is 27.6. The molecule has 4 rings (SSSR count). The minimum atomic E-state index is 0.238. The first kappa shape index (κ1) is 16.7. The molecule has 1 amide bonds. The molecule has 7 heteroatoms. The molecule has 2 atom stereocenters. The van der Waals surface area contributed by atoms with Gasteiger partial charge in [-0.25, -0.2) is 9.97 Å². The second-order valence-corrected chi connectivity index (χ2v) is 7.45. The molecule has 136 valence electrons. The summed E-state index contributed by atoms with van der Waals surface area (Å²) in [7, 11) is 0. The largest absolute Gasteiger partial charge is 0.379 e. The van der Waals surface area contributed by atoms with Crippen molar-refractivity contribution in [2.24, 2.45) is 11.8 Å². The molecule has 0 saturated carbocycles. The van der Waals surface area contributed by atoms with Crippen molar-refractivity contribution in [3.05, 3.63) is 18.1 Å². The first-order chi connectivity index (χ1) is 12.2. The smallest absolute Gasteiger partial charge is 0.225 e. The van der Waals surface area contributed by atoms with Gasteiger partial charge in [0, 0.05) is 57.6 Å². The van der Waals surface area contributed by atoms with Crippen molar-refractivity contribution in [3.63, 3.8) is 0 Å². The van der Waals surface area contributed by atoms with Crippen LogP contribution >= 0.6 is 0 Å². The summed E-state index contributed by atoms with van der Waals surface area (Å²) in [6, 6.07) is 2.08. The number of carbonyl (C=O) groups is 1. The number of amides is 1. The second kappa shape index (κ2) is 7.25. The van der Waals surface area contributed by atoms with E-state index < -0.39 is 0 Å². The minimum Gasteiger partial charge on any atom is -0.379 e. The fourth-order valence-electron chi connectivity index (χ4n) is 4.29. The van der Waals surface area contributed by atoms with Crippen molar-refractivity contribution < 1.29 is 9.53 Å². The summed E-state index contributed by atoms with van der Waals surface area (Å²) >= 11 is 0. The summed E-state index contributed by atoms with van der Waals surface area (Å²) in [5.74, 6) is 2.71. The van der Waals surface area contributed by atoms with Gasteiger partial charge in [-0.05, 0) is 18.8 Å². The third-order valence-corrected chi connectivity index (χ3v) is 5.68. The van der Waals surface area contributed by atoms with Crippen molar-refractivity contribution in [1.29, 1.82) is 0 Å². The first-order valence-corrected chi connectivity index (χ1v) is 9.30. The lowest BCUT2D eigenvalue weighted by Gasteiger charge is -2.25. The zero-order valence-electron chi connectivity index (χ0n) is 14.9. The molecule has 0 bridgehead atoms. The molecular weight excluding hydrogens is 318 g/mol. The van der Waals surface area contributed by atoms with E-state index in [4.69, 9.17) is 4.74 Å². The van der Waals surface area contributed by atoms with Crippen molar-refractivity contribution >= 4 is 11.7 Å². The van der Waals surface area contributed by atoms with Gasteiger partial charge in [-0.2, -0.15) is 0 Å². The van der Waals surface area contributed by atoms with Crippen LogP contribution in [0.25, 0.3) is 0 Å². The van der Waals surface area contributed by atoms with Gasteiger partial charge in [0.25, 0.3) is 0 Å². The van der Waals surface area contributed by atoms with Crippen LogP contribution < -0.4 is 4.90 Å². The van der Waals surface area contributed by atoms with E-state index in [1.807, 2.05) is 11.8 Å². The molecular formula is C18H27N5O2. The Bertz CT molecular complexity index is 611. The van der Waals surface area contributed by atoms with Gasteiger partial charge in [0.2, 0.25) is 5.91 Å². The molecule has 3 fully saturated rings. The van der Waals surface area contributed by atoms with E-state index in [9.17, 15) is 4.79 Å². The number of fused-ring (bicyclic) bond motifs is 1. The lowest BCUT2D eigenvalue weighted by molar-refractivity contribution is -0.130. The number of nitrogens with zero attached hydrogens (tertiary/aromatic N) is 5. The Kier molecular flexibility index (Phi) is 4.85. The van der Waals surface area contributed by atoms with Gasteiger partial charge < -0.3 is 19.4 Å². The van der Waals surface area contributed by atoms with Gasteiger partial charge in [-0.15, -0.1) is 0 Å². The zero-order valence-corrected chi connectivity index (χ0v) is 14.9. The second-order valence-electron chi connectivity index (χ2n) is 7.45. The molecule has 3 aliphatic rings. The van der Waals surface area contributed by atoms with Gasteiger partial charge >= 0.3 is 0 Å². The average molecular weight is 345 g/mol. The predicted octanol–water partition coefficient (Wildman–Crippen LogP) is 0.402. The molecule has 1 aromatic heterocycles. The molecule has 0 N–H and O–H groups in total. The van der Waals surface area contributed by atoms with Crippen LogP contribution in [0.1, 0.15) is 12.1 Å². The van der Waals surface area contributed by atoms with Crippen LogP contribution in [0.2, 0.25) is 0 Å². The molecule has 0 aromatic carbocycles. The van der Waals surface area contributed by atoms with Crippen molar-refractivity contribution in [2.75, 3.05) is 63.9 Å². The number of aromatic nitrogens is 2. The maximum Gasteiger partial charge on any atom is 0.225 e. The van der Waals surface area contributed by atoms with Crippen molar-refractivity contribution in [2.45, 2.75) is 13.3 Å². The molecule has 4 heterocycles. The first-order valence-electron chi connectivity index (χ1n) is 9.30. The van der Waals surface area contributed by atoms with E-state index in [1.54, 1.807) is 6.33 Å². The number of aryl methyl sites for hydroxylation is 1. The summed E-state index contributed by atoms with van der Waals surface area (Å²) in [5, 5.41) is 0. The van der Waals surface area contributed by atoms with Crippen LogP contribution in [-0.2, 0) is 9.53 Å². The van der Waals surface area contributed by atoms with Gasteiger partial charge in [-0.1, -0.05) is 0 Å². The number of anilines is 1. The third-order valence-electron chi connectivity index (χ3n) is 5.68. The number of likely N-dealkylation sites (tertiary alicyclic amines) is 1. The average Bonchev–Trinajstić information content (AvgIpc) is 3.08. The van der Waals surface area contributed by atoms with Gasteiger partial charge in [-0.3, -0.25) is 4.79 Å². The third kappa shape index (κ3) is 3.77. The molecule has 2 unspecified atom stereocenters. The van der Waals surface area contributed by atoms with Crippen LogP contribution in [0, 0.1) is 18.8 Å². The van der Waals surface area contributed by atoms with Gasteiger partial charge in [0.05, 0.1) is 19.6 Å². The molecule has 0 aliphatic carbocycles. The van der Waals surface area contributed by atoms with Crippen LogP contribution in [-0.4, -0.2) is 84.7 Å². The Labute approximate surface area is 149 Å². The maximum atomic E-state index is 12.1. The SMILES string of the molecule is Cc1cc(N2CC3CN(CCN4CCOCCC4=O)CC3C2)ncn1. The lowest BCUT2D eigenvalue weighted by Crippen LogP contribution is -2.39. The molecule has 0 spiro atoms. The monoisotopic (exact) mass is 345 g/mol. The Balaban J connectivity index is 1.27. The lowest BCUT2D eigenvalue weighted by atomic mass is 10.0. The fourth-order valence-corrected chi connectivity index (χ4v) is 4.29. The number of hydrogen-bond donors (Lipinski definition) is 0. The Morgan fingerprint density at radius 1 is 1.12 bits per heavy atom. The Morgan fingerprint density at radius 2 is 1.92 bits per heavy atom. The van der Waals surface area contributed by atoms with E-state index in [2.05, 4.69) is 25.8 Å². The summed E-state index contributed by atoms with van der Waals surface area (Å²) in [6.45, 7) is 10.2. The van der Waals surface area contributed by atoms with Gasteiger partial charge in [0.1, 0.15) is 12.1 Å². The number of ether oxygens (including phenoxy) is 1. The standard InChI is InChI=1S/C18H27N5O2/c1-14-8-17(20-13-19-14)23-11-15-9-21(10-16(15)12-23)3-4-22-5-7-25-6-2-18(22)24/h8,13,15-16H,2-7,9-12H2,1H3. The Morgan fingerprint density at radius 3 is 2.68 bits per heavy atom. The summed E-state index contributed by atoms with van der Waals surface area (Å²) in [5.41, 5.74) is 1.02. The zero-order chi connectivity index (χ0) is 17.2. The molecule has 25 heavy (non-hydrogen) atoms. The normalized spacial score (nSPS) is 27.6. The van der Waals surface area contributed by atoms with Crippen LogP contribution in [0.4, 0.5) is 5.82 Å². The van der Waals surface area contributed by atoms with E-state index in [0.29, 0.717) is 31.5 Å². The van der Waals surface area contributed by atoms with Crippen molar-refractivity contribution in [3.8, 4) is 0 Å². The highest BCUT2D eigenvalue weighted by Crippen LogP contribution is 2.33. The van der Waals surface area contributed by atoms with E-state index in [-0.39, 0.29) is 5.91 Å². The highest BCUT2D eigenvalue weighted by atomic mass is 16.5. The summed E-state index contributed by atoms with van der Waals surface area (Å²) < 4.78 is 5.40. The van der Waals surface area contributed by atoms with E-state index in [0.717, 1.165) is 57.3 Å². The highest BCUT2D eigenvalue weighted by molar-refractivity contribution is 5.76. The van der Waals surface area contributed by atoms with Crippen LogP contribution in [0.15, 0.2) is 12.4 Å². The minimum absolute atomic E-state index is 0.238. The molecule has 3 saturated heterocycles. The molecule has 1 aromatic rings. The van der Waals surface area contributed by atoms with E-state index >= 15 is 0 Å². The number of carbonyl (C=O) groups excluding carboxylic acids is 1. The van der Waals surface area contributed by atoms with Crippen LogP contribution in [0.5, 0.6) is 0 Å². The predicted molar refractivity (Wildman–Crippen MR) is 94.4 cm³/mol. The number of rotatable bonds is 4. The molecule has 7 nitrogen and oxygen atoms in total.